The molecule has 1 aromatic rings. The molecule has 3 N–H and O–H groups in total. The molecule has 0 aliphatic heterocycles. The number of ether oxygens (including phenoxy) is 1. The number of halogens is 2. The molecule has 1 rings (SSSR count). The van der Waals surface area contributed by atoms with Crippen molar-refractivity contribution in [1.82, 2.24) is 0 Å². The Morgan fingerprint density at radius 1 is 1.47 bits per heavy atom. The van der Waals surface area contributed by atoms with Gasteiger partial charge < -0.3 is 15.8 Å². The summed E-state index contributed by atoms with van der Waals surface area (Å²) in [5.74, 6) is -0.336. The molecule has 0 aliphatic rings. The molecule has 0 heterocycles. The maximum Gasteiger partial charge on any atom is 0.387 e. The first-order valence-corrected chi connectivity index (χ1v) is 6.14. The van der Waals surface area contributed by atoms with Crippen LogP contribution in [0.3, 0.4) is 0 Å². The summed E-state index contributed by atoms with van der Waals surface area (Å²) in [5, 5.41) is 2.58. The smallest absolute Gasteiger partial charge is 0.387 e. The summed E-state index contributed by atoms with van der Waals surface area (Å²) in [6, 6.07) is 5.22. The van der Waals surface area contributed by atoms with Crippen LogP contribution in [0.15, 0.2) is 24.3 Å². The molecular weight excluding hydrogens is 254 g/mol. The molecule has 0 aliphatic carbocycles. The summed E-state index contributed by atoms with van der Waals surface area (Å²) in [6.07, 6.45) is 2.41. The van der Waals surface area contributed by atoms with E-state index in [0.717, 1.165) is 12.8 Å². The summed E-state index contributed by atoms with van der Waals surface area (Å²) >= 11 is 0. The third kappa shape index (κ3) is 5.65. The van der Waals surface area contributed by atoms with Gasteiger partial charge in [0.15, 0.2) is 0 Å². The highest BCUT2D eigenvalue weighted by molar-refractivity contribution is 5.94. The normalized spacial score (nSPS) is 12.3. The van der Waals surface area contributed by atoms with E-state index in [1.165, 1.54) is 18.2 Å². The van der Waals surface area contributed by atoms with Gasteiger partial charge in [0.25, 0.3) is 0 Å². The monoisotopic (exact) mass is 272 g/mol. The van der Waals surface area contributed by atoms with Crippen molar-refractivity contribution in [3.8, 4) is 5.75 Å². The highest BCUT2D eigenvalue weighted by Gasteiger charge is 2.13. The quantitative estimate of drug-likeness (QED) is 0.802. The summed E-state index contributed by atoms with van der Waals surface area (Å²) in [5.41, 5.74) is 6.09. The molecule has 0 saturated carbocycles. The lowest BCUT2D eigenvalue weighted by molar-refractivity contribution is -0.117. The largest absolute Gasteiger partial charge is 0.435 e. The fraction of sp³-hybridized carbons (Fsp3) is 0.462. The minimum atomic E-state index is -2.89. The van der Waals surface area contributed by atoms with Gasteiger partial charge in [-0.3, -0.25) is 4.79 Å². The summed E-state index contributed by atoms with van der Waals surface area (Å²) in [4.78, 5) is 11.7. The van der Waals surface area contributed by atoms with Crippen LogP contribution in [-0.4, -0.2) is 18.6 Å². The SMILES string of the molecule is CCCCC(N)C(=O)Nc1cccc(OC(F)F)c1. The first kappa shape index (κ1) is 15.4. The highest BCUT2D eigenvalue weighted by atomic mass is 19.3. The van der Waals surface area contributed by atoms with Crippen molar-refractivity contribution in [3.63, 3.8) is 0 Å². The molecule has 0 fully saturated rings. The molecule has 19 heavy (non-hydrogen) atoms. The van der Waals surface area contributed by atoms with Crippen molar-refractivity contribution in [1.29, 1.82) is 0 Å². The topological polar surface area (TPSA) is 64.4 Å². The molecule has 6 heteroatoms. The van der Waals surface area contributed by atoms with E-state index in [9.17, 15) is 13.6 Å². The Morgan fingerprint density at radius 3 is 2.84 bits per heavy atom. The molecule has 0 saturated heterocycles. The van der Waals surface area contributed by atoms with Crippen LogP contribution in [0.2, 0.25) is 0 Å². The van der Waals surface area contributed by atoms with Crippen LogP contribution < -0.4 is 15.8 Å². The van der Waals surface area contributed by atoms with Gasteiger partial charge in [0.1, 0.15) is 5.75 Å². The van der Waals surface area contributed by atoms with Gasteiger partial charge in [-0.2, -0.15) is 8.78 Å². The van der Waals surface area contributed by atoms with Gasteiger partial charge in [0.05, 0.1) is 6.04 Å². The molecule has 0 aromatic heterocycles. The van der Waals surface area contributed by atoms with Gasteiger partial charge in [0.2, 0.25) is 5.91 Å². The second-order valence-corrected chi connectivity index (χ2v) is 4.14. The molecule has 1 atom stereocenters. The van der Waals surface area contributed by atoms with Crippen LogP contribution >= 0.6 is 0 Å². The Morgan fingerprint density at radius 2 is 2.21 bits per heavy atom. The standard InChI is InChI=1S/C13H18F2N2O2/c1-2-3-7-11(16)12(18)17-9-5-4-6-10(8-9)19-13(14)15/h4-6,8,11,13H,2-3,7,16H2,1H3,(H,17,18). The summed E-state index contributed by atoms with van der Waals surface area (Å²) < 4.78 is 28.4. The van der Waals surface area contributed by atoms with Gasteiger partial charge in [-0.25, -0.2) is 0 Å². The van der Waals surface area contributed by atoms with Gasteiger partial charge in [-0.05, 0) is 18.6 Å². The molecule has 4 nitrogen and oxygen atoms in total. The molecular formula is C13H18F2N2O2. The number of amides is 1. The van der Waals surface area contributed by atoms with Crippen molar-refractivity contribution in [2.45, 2.75) is 38.8 Å². The van der Waals surface area contributed by atoms with E-state index < -0.39 is 12.7 Å². The van der Waals surface area contributed by atoms with E-state index in [1.807, 2.05) is 6.92 Å². The van der Waals surface area contributed by atoms with Crippen LogP contribution in [0, 0.1) is 0 Å². The average Bonchev–Trinajstić information content (AvgIpc) is 2.35. The average molecular weight is 272 g/mol. The zero-order chi connectivity index (χ0) is 14.3. The molecule has 1 aromatic carbocycles. The number of alkyl halides is 2. The number of nitrogens with one attached hydrogen (secondary N) is 1. The van der Waals surface area contributed by atoms with Crippen LogP contribution in [0.5, 0.6) is 5.75 Å². The first-order chi connectivity index (χ1) is 9.02. The zero-order valence-corrected chi connectivity index (χ0v) is 10.7. The van der Waals surface area contributed by atoms with Crippen molar-refractivity contribution in [2.75, 3.05) is 5.32 Å². The third-order valence-electron chi connectivity index (χ3n) is 2.53. The number of carbonyl (C=O) groups excluding carboxylic acids is 1. The zero-order valence-electron chi connectivity index (χ0n) is 10.7. The van der Waals surface area contributed by atoms with Gasteiger partial charge >= 0.3 is 6.61 Å². The Hall–Kier alpha value is -1.69. The molecule has 0 bridgehead atoms. The van der Waals surface area contributed by atoms with E-state index in [4.69, 9.17) is 5.73 Å². The Kier molecular flexibility index (Phi) is 6.21. The molecule has 1 unspecified atom stereocenters. The fourth-order valence-electron chi connectivity index (χ4n) is 1.54. The Labute approximate surface area is 110 Å². The highest BCUT2D eigenvalue weighted by Crippen LogP contribution is 2.19. The number of unbranched alkanes of at least 4 members (excludes halogenated alkanes) is 1. The number of hydrogen-bond acceptors (Lipinski definition) is 3. The lowest BCUT2D eigenvalue weighted by Crippen LogP contribution is -2.35. The van der Waals surface area contributed by atoms with Crippen molar-refractivity contribution in [2.24, 2.45) is 5.73 Å². The molecule has 0 spiro atoms. The van der Waals surface area contributed by atoms with E-state index >= 15 is 0 Å². The molecule has 106 valence electrons. The lowest BCUT2D eigenvalue weighted by Gasteiger charge is -2.12. The van der Waals surface area contributed by atoms with E-state index in [0.29, 0.717) is 12.1 Å². The van der Waals surface area contributed by atoms with E-state index in [-0.39, 0.29) is 11.7 Å². The number of benzene rings is 1. The van der Waals surface area contributed by atoms with Gasteiger partial charge in [0, 0.05) is 11.8 Å². The van der Waals surface area contributed by atoms with Crippen LogP contribution in [0.25, 0.3) is 0 Å². The van der Waals surface area contributed by atoms with Gasteiger partial charge in [-0.1, -0.05) is 25.8 Å². The minimum absolute atomic E-state index is 0.00469. The molecule has 1 amide bonds. The number of anilines is 1. The second kappa shape index (κ2) is 7.68. The van der Waals surface area contributed by atoms with E-state index in [2.05, 4.69) is 10.1 Å². The Balaban J connectivity index is 2.58. The first-order valence-electron chi connectivity index (χ1n) is 6.14. The van der Waals surface area contributed by atoms with E-state index in [1.54, 1.807) is 6.07 Å². The minimum Gasteiger partial charge on any atom is -0.435 e. The van der Waals surface area contributed by atoms with Crippen molar-refractivity contribution < 1.29 is 18.3 Å². The second-order valence-electron chi connectivity index (χ2n) is 4.14. The number of rotatable bonds is 7. The molecule has 0 radical (unpaired) electrons. The maximum absolute atomic E-state index is 12.1. The number of nitrogens with two attached hydrogens (primary N) is 1. The third-order valence-corrected chi connectivity index (χ3v) is 2.53. The van der Waals surface area contributed by atoms with Gasteiger partial charge in [-0.15, -0.1) is 0 Å². The van der Waals surface area contributed by atoms with Crippen molar-refractivity contribution >= 4 is 11.6 Å². The number of carbonyl (C=O) groups is 1. The van der Waals surface area contributed by atoms with Crippen LogP contribution in [0.1, 0.15) is 26.2 Å². The van der Waals surface area contributed by atoms with Crippen LogP contribution in [-0.2, 0) is 4.79 Å². The lowest BCUT2D eigenvalue weighted by atomic mass is 10.1. The predicted molar refractivity (Wildman–Crippen MR) is 69.2 cm³/mol. The summed E-state index contributed by atoms with van der Waals surface area (Å²) in [7, 11) is 0. The fourth-order valence-corrected chi connectivity index (χ4v) is 1.54. The summed E-state index contributed by atoms with van der Waals surface area (Å²) in [6.45, 7) is -0.881. The maximum atomic E-state index is 12.1. The predicted octanol–water partition coefficient (Wildman–Crippen LogP) is 2.74. The van der Waals surface area contributed by atoms with Crippen LogP contribution in [0.4, 0.5) is 14.5 Å². The van der Waals surface area contributed by atoms with Crippen molar-refractivity contribution in [3.05, 3.63) is 24.3 Å². The number of hydrogen-bond donors (Lipinski definition) is 2. The Bertz CT molecular complexity index is 413.